The van der Waals surface area contributed by atoms with E-state index >= 15 is 0 Å². The molecule has 0 aliphatic carbocycles. The van der Waals surface area contributed by atoms with Crippen molar-refractivity contribution in [3.63, 3.8) is 0 Å². The quantitative estimate of drug-likeness (QED) is 0.0537. The molecule has 0 unspecified atom stereocenters. The summed E-state index contributed by atoms with van der Waals surface area (Å²) < 4.78 is 74.2. The van der Waals surface area contributed by atoms with Gasteiger partial charge in [0.05, 0.1) is 36.4 Å². The largest absolute Gasteiger partial charge is 0.463 e. The first kappa shape index (κ1) is 64.8. The van der Waals surface area contributed by atoms with Gasteiger partial charge in [-0.05, 0) is 74.1 Å². The maximum atomic E-state index is 14.0. The highest BCUT2D eigenvalue weighted by Gasteiger charge is 2.58. The van der Waals surface area contributed by atoms with Crippen LogP contribution in [0.3, 0.4) is 0 Å². The number of ether oxygens (including phenoxy) is 12. The minimum Gasteiger partial charge on any atom is -0.463 e. The van der Waals surface area contributed by atoms with E-state index in [1.54, 1.807) is 20.8 Å². The van der Waals surface area contributed by atoms with E-state index in [0.29, 0.717) is 32.1 Å². The maximum absolute atomic E-state index is 14.0. The lowest BCUT2D eigenvalue weighted by molar-refractivity contribution is -0.399. The van der Waals surface area contributed by atoms with E-state index in [9.17, 15) is 54.9 Å². The number of esters is 4. The Morgan fingerprint density at radius 1 is 0.649 bits per heavy atom. The number of unbranched alkanes of at least 4 members (excludes halogenated alkanes) is 2. The lowest BCUT2D eigenvalue weighted by atomic mass is 9.95. The number of carbonyl (C=O) groups excluding carboxylic acids is 4. The molecular formula is C54H90O23. The highest BCUT2D eigenvalue weighted by atomic mass is 16.8. The summed E-state index contributed by atoms with van der Waals surface area (Å²) in [4.78, 5) is 53.4. The first-order valence-corrected chi connectivity index (χ1v) is 28.0. The molecule has 5 rings (SSSR count). The molecule has 5 heterocycles. The number of allylic oxidation sites excluding steroid dienone is 1. The molecule has 0 amide bonds. The van der Waals surface area contributed by atoms with Crippen molar-refractivity contribution in [2.75, 3.05) is 6.61 Å². The van der Waals surface area contributed by atoms with Crippen LogP contribution in [0.2, 0.25) is 0 Å². The zero-order valence-electron chi connectivity index (χ0n) is 46.3. The van der Waals surface area contributed by atoms with Crippen LogP contribution in [0, 0.1) is 5.92 Å². The van der Waals surface area contributed by atoms with E-state index in [2.05, 4.69) is 6.92 Å². The average Bonchev–Trinajstić information content (AvgIpc) is 3.39. The zero-order valence-corrected chi connectivity index (χ0v) is 46.3. The van der Waals surface area contributed by atoms with Gasteiger partial charge in [-0.2, -0.15) is 0 Å². The minimum atomic E-state index is -2.02. The zero-order chi connectivity index (χ0) is 56.7. The molecule has 23 atom stereocenters. The van der Waals surface area contributed by atoms with Crippen LogP contribution in [0.4, 0.5) is 0 Å². The molecule has 0 aromatic carbocycles. The summed E-state index contributed by atoms with van der Waals surface area (Å²) in [5.41, 5.74) is 0.248. The van der Waals surface area contributed by atoms with Gasteiger partial charge in [0, 0.05) is 18.4 Å². The van der Waals surface area contributed by atoms with Crippen LogP contribution in [0.5, 0.6) is 0 Å². The lowest BCUT2D eigenvalue weighted by Gasteiger charge is -2.50. The summed E-state index contributed by atoms with van der Waals surface area (Å²) in [7, 11) is 0. The third-order valence-electron chi connectivity index (χ3n) is 15.1. The van der Waals surface area contributed by atoms with Crippen LogP contribution < -0.4 is 0 Å². The van der Waals surface area contributed by atoms with Crippen LogP contribution in [-0.2, 0) is 76.0 Å². The van der Waals surface area contributed by atoms with Gasteiger partial charge in [-0.3, -0.25) is 14.4 Å². The Morgan fingerprint density at radius 2 is 1.26 bits per heavy atom. The summed E-state index contributed by atoms with van der Waals surface area (Å²) in [5, 5.41) is 79.8. The van der Waals surface area contributed by atoms with Crippen molar-refractivity contribution in [2.24, 2.45) is 5.92 Å². The van der Waals surface area contributed by atoms with E-state index in [4.69, 9.17) is 56.8 Å². The van der Waals surface area contributed by atoms with Gasteiger partial charge in [0.15, 0.2) is 43.5 Å². The van der Waals surface area contributed by atoms with Crippen molar-refractivity contribution in [3.05, 3.63) is 11.6 Å². The number of aliphatic hydroxyl groups excluding tert-OH is 7. The number of carbonyl (C=O) groups is 4. The van der Waals surface area contributed by atoms with Crippen molar-refractivity contribution in [1.29, 1.82) is 0 Å². The molecule has 5 fully saturated rings. The minimum absolute atomic E-state index is 0.0655. The third kappa shape index (κ3) is 17.8. The fourth-order valence-electron chi connectivity index (χ4n) is 9.90. The first-order valence-electron chi connectivity index (χ1n) is 28.0. The fraction of sp³-hybridized carbons (Fsp3) is 0.889. The molecule has 0 aromatic heterocycles. The van der Waals surface area contributed by atoms with Gasteiger partial charge in [-0.1, -0.05) is 77.7 Å². The van der Waals surface area contributed by atoms with Gasteiger partial charge in [0.25, 0.3) is 0 Å². The number of aliphatic hydroxyl groups is 7. The molecule has 5 aliphatic rings. The highest BCUT2D eigenvalue weighted by Crippen LogP contribution is 2.38. The van der Waals surface area contributed by atoms with Crippen LogP contribution in [0.25, 0.3) is 0 Å². The third-order valence-corrected chi connectivity index (χ3v) is 15.1. The van der Waals surface area contributed by atoms with Gasteiger partial charge in [0.2, 0.25) is 0 Å². The predicted octanol–water partition coefficient (Wildman–Crippen LogP) is 2.82. The van der Waals surface area contributed by atoms with Crippen molar-refractivity contribution >= 4 is 23.9 Å². The van der Waals surface area contributed by atoms with E-state index in [0.717, 1.165) is 51.4 Å². The smallest absolute Gasteiger partial charge is 0.333 e. The summed E-state index contributed by atoms with van der Waals surface area (Å²) in [6.07, 6.45) is -22.2. The Morgan fingerprint density at radius 3 is 1.91 bits per heavy atom. The summed E-state index contributed by atoms with van der Waals surface area (Å²) >= 11 is 0. The van der Waals surface area contributed by atoms with E-state index < -0.39 is 165 Å². The molecule has 77 heavy (non-hydrogen) atoms. The molecule has 2 bridgehead atoms. The fourth-order valence-corrected chi connectivity index (χ4v) is 9.90. The molecule has 5 aliphatic heterocycles. The Balaban J connectivity index is 1.57. The molecular weight excluding hydrogens is 1020 g/mol. The van der Waals surface area contributed by atoms with Gasteiger partial charge in [-0.25, -0.2) is 4.79 Å². The Labute approximate surface area is 452 Å². The second kappa shape index (κ2) is 31.3. The summed E-state index contributed by atoms with van der Waals surface area (Å²) in [6, 6.07) is 0. The van der Waals surface area contributed by atoms with Gasteiger partial charge < -0.3 is 92.6 Å². The van der Waals surface area contributed by atoms with Gasteiger partial charge in [-0.15, -0.1) is 0 Å². The van der Waals surface area contributed by atoms with Gasteiger partial charge >= 0.3 is 23.9 Å². The monoisotopic (exact) mass is 1110 g/mol. The van der Waals surface area contributed by atoms with E-state index in [1.807, 2.05) is 0 Å². The lowest BCUT2D eigenvalue weighted by Crippen LogP contribution is -2.68. The van der Waals surface area contributed by atoms with Crippen molar-refractivity contribution < 1.29 is 112 Å². The molecule has 0 spiro atoms. The molecule has 0 saturated carbocycles. The normalized spacial score (nSPS) is 40.2. The van der Waals surface area contributed by atoms with Crippen molar-refractivity contribution in [3.8, 4) is 0 Å². The number of rotatable bonds is 15. The first-order chi connectivity index (χ1) is 36.6. The number of fused-ring (bicyclic) bond motifs is 4. The Kier molecular flexibility index (Phi) is 26.3. The Hall–Kier alpha value is -2.98. The second-order valence-corrected chi connectivity index (χ2v) is 21.3. The molecule has 5 saturated heterocycles. The maximum Gasteiger partial charge on any atom is 0.333 e. The van der Waals surface area contributed by atoms with Crippen molar-refractivity contribution in [1.82, 2.24) is 0 Å². The van der Waals surface area contributed by atoms with Crippen LogP contribution in [0.15, 0.2) is 11.6 Å². The molecule has 23 nitrogen and oxygen atoms in total. The molecule has 0 radical (unpaired) electrons. The summed E-state index contributed by atoms with van der Waals surface area (Å²) in [5.74, 6) is -4.11. The van der Waals surface area contributed by atoms with Crippen LogP contribution in [0.1, 0.15) is 159 Å². The van der Waals surface area contributed by atoms with Crippen molar-refractivity contribution in [2.45, 2.75) is 294 Å². The highest BCUT2D eigenvalue weighted by molar-refractivity contribution is 5.87. The topological polar surface area (TPSA) is 321 Å². The van der Waals surface area contributed by atoms with E-state index in [-0.39, 0.29) is 24.5 Å². The van der Waals surface area contributed by atoms with E-state index in [1.165, 1.54) is 40.7 Å². The second-order valence-electron chi connectivity index (χ2n) is 21.3. The summed E-state index contributed by atoms with van der Waals surface area (Å²) in [6.45, 7) is 13.7. The standard InChI is InChI=1S/C54H90O23/c1-10-13-19-23-33-24-20-17-15-14-16-18-21-25-36(57)72-47-44(75-51-42(63)41(62)43(31(8)68-51)74-49(64)27(4)12-3)32(9)69-54(48(47)73-35(56)22-11-2)77-46-40(61)38(59)34(26-66-50(65)28(5)29(6)55)71-53(46)76-45-39(60)37(58)30(7)67-52(45)70-33/h12,28-34,37-48,51-55,58-63H,10-11,13-26H2,1-9H3/b27-12+/t28-,29+,30-,31-,32+,33+,34-,37-,38-,39+,40+,41-,42-,43-,44+,45-,46-,47-,48-,51+,52+,53+,54+/m1/s1. The average molecular weight is 1110 g/mol. The van der Waals surface area contributed by atoms with Crippen LogP contribution in [-0.4, -0.2) is 201 Å². The SMILES string of the molecule is C/C=C(\C)C(=O)O[C@H]1[C@H](O)[C@@H](O)[C@H](O[C@@H]2[C@H]3OC(=O)CCCCCCCCC[C@H](CCCCC)O[C@@H]4O[C@H](C)[C@@H](O)[C@H](O)[C@H]4O[C@@H]4O[C@H](COC(=O)[C@H](C)[C@H](C)O)[C@@H](O)[C@H](O)[C@H]4O[C@H](O[C@H]2C)[C@@H]3OC(=O)CCC)O[C@@H]1C. The Bertz CT molecular complexity index is 1850. The number of hydrogen-bond donors (Lipinski definition) is 7. The molecule has 23 heteroatoms. The molecule has 444 valence electrons. The molecule has 7 N–H and O–H groups in total. The van der Waals surface area contributed by atoms with Gasteiger partial charge in [0.1, 0.15) is 67.6 Å². The predicted molar refractivity (Wildman–Crippen MR) is 269 cm³/mol. The number of hydrogen-bond acceptors (Lipinski definition) is 23. The molecule has 0 aromatic rings. The van der Waals surface area contributed by atoms with Crippen LogP contribution >= 0.6 is 0 Å².